The molecule has 0 bridgehead atoms. The molecule has 1 aromatic carbocycles. The van der Waals surface area contributed by atoms with Crippen molar-refractivity contribution in [1.82, 2.24) is 0 Å². The van der Waals surface area contributed by atoms with E-state index in [0.717, 1.165) is 17.7 Å². The second-order valence-electron chi connectivity index (χ2n) is 2.91. The van der Waals surface area contributed by atoms with Crippen LogP contribution in [-0.4, -0.2) is 19.7 Å². The maximum atomic E-state index is 11.1. The van der Waals surface area contributed by atoms with Crippen molar-refractivity contribution in [3.8, 4) is 5.75 Å². The molecule has 0 spiro atoms. The number of methoxy groups -OCH3 is 1. The normalized spacial score (nSPS) is 13.3. The van der Waals surface area contributed by atoms with Crippen LogP contribution in [0.2, 0.25) is 0 Å². The fourth-order valence-electron chi connectivity index (χ4n) is 1.41. The molecular formula is C10H10O3. The van der Waals surface area contributed by atoms with Crippen LogP contribution in [0.15, 0.2) is 18.2 Å². The summed E-state index contributed by atoms with van der Waals surface area (Å²) in [5.41, 5.74) is 1.70. The van der Waals surface area contributed by atoms with Crippen LogP contribution in [0, 0.1) is 0 Å². The van der Waals surface area contributed by atoms with E-state index in [1.54, 1.807) is 12.1 Å². The van der Waals surface area contributed by atoms with E-state index in [2.05, 4.69) is 4.74 Å². The van der Waals surface area contributed by atoms with Gasteiger partial charge >= 0.3 is 5.97 Å². The van der Waals surface area contributed by atoms with Gasteiger partial charge in [0, 0.05) is 6.42 Å². The third-order valence-corrected chi connectivity index (χ3v) is 2.12. The first-order valence-electron chi connectivity index (χ1n) is 4.15. The zero-order valence-corrected chi connectivity index (χ0v) is 7.37. The van der Waals surface area contributed by atoms with Gasteiger partial charge in [-0.15, -0.1) is 0 Å². The minimum Gasteiger partial charge on any atom is -0.493 e. The fourth-order valence-corrected chi connectivity index (χ4v) is 1.41. The summed E-state index contributed by atoms with van der Waals surface area (Å²) in [6.45, 7) is 0.708. The Morgan fingerprint density at radius 2 is 2.38 bits per heavy atom. The van der Waals surface area contributed by atoms with Crippen molar-refractivity contribution in [3.05, 3.63) is 29.3 Å². The van der Waals surface area contributed by atoms with Gasteiger partial charge in [0.15, 0.2) is 0 Å². The van der Waals surface area contributed by atoms with Crippen LogP contribution in [0.25, 0.3) is 0 Å². The maximum Gasteiger partial charge on any atom is 0.337 e. The highest BCUT2D eigenvalue weighted by Gasteiger charge is 2.14. The van der Waals surface area contributed by atoms with Gasteiger partial charge in [0.2, 0.25) is 0 Å². The molecule has 0 radical (unpaired) electrons. The second kappa shape index (κ2) is 3.09. The van der Waals surface area contributed by atoms with Crippen LogP contribution in [0.5, 0.6) is 5.75 Å². The van der Waals surface area contributed by atoms with Gasteiger partial charge in [-0.1, -0.05) is 6.07 Å². The topological polar surface area (TPSA) is 35.5 Å². The number of fused-ring (bicyclic) bond motifs is 1. The molecule has 2 rings (SSSR count). The van der Waals surface area contributed by atoms with E-state index in [1.807, 2.05) is 6.07 Å². The highest BCUT2D eigenvalue weighted by molar-refractivity contribution is 5.90. The molecule has 0 amide bonds. The molecule has 68 valence electrons. The highest BCUT2D eigenvalue weighted by atomic mass is 16.5. The van der Waals surface area contributed by atoms with Crippen molar-refractivity contribution in [1.29, 1.82) is 0 Å². The largest absolute Gasteiger partial charge is 0.493 e. The average Bonchev–Trinajstić information content (AvgIpc) is 2.63. The number of hydrogen-bond donors (Lipinski definition) is 0. The standard InChI is InChI=1S/C10H10O3/c1-12-10(11)8-3-2-7-4-5-13-9(7)6-8/h2-3,6H,4-5H2,1H3. The first kappa shape index (κ1) is 8.10. The van der Waals surface area contributed by atoms with Crippen molar-refractivity contribution in [2.24, 2.45) is 0 Å². The lowest BCUT2D eigenvalue weighted by Crippen LogP contribution is -2.00. The summed E-state index contributed by atoms with van der Waals surface area (Å²) in [4.78, 5) is 11.1. The van der Waals surface area contributed by atoms with Gasteiger partial charge < -0.3 is 9.47 Å². The third kappa shape index (κ3) is 1.37. The number of carbonyl (C=O) groups excluding carboxylic acids is 1. The van der Waals surface area contributed by atoms with Gasteiger partial charge in [0.25, 0.3) is 0 Å². The van der Waals surface area contributed by atoms with Crippen LogP contribution in [0.3, 0.4) is 0 Å². The van der Waals surface area contributed by atoms with E-state index in [-0.39, 0.29) is 5.97 Å². The highest BCUT2D eigenvalue weighted by Crippen LogP contribution is 2.26. The number of hydrogen-bond acceptors (Lipinski definition) is 3. The molecule has 0 atom stereocenters. The molecular weight excluding hydrogens is 168 g/mol. The van der Waals surface area contributed by atoms with Crippen LogP contribution in [0.4, 0.5) is 0 Å². The molecule has 0 aliphatic carbocycles. The maximum absolute atomic E-state index is 11.1. The molecule has 1 heterocycles. The Labute approximate surface area is 76.3 Å². The summed E-state index contributed by atoms with van der Waals surface area (Å²) in [5.74, 6) is 0.487. The van der Waals surface area contributed by atoms with E-state index in [9.17, 15) is 4.79 Å². The van der Waals surface area contributed by atoms with Crippen molar-refractivity contribution < 1.29 is 14.3 Å². The lowest BCUT2D eigenvalue weighted by molar-refractivity contribution is 0.0600. The predicted octanol–water partition coefficient (Wildman–Crippen LogP) is 1.41. The van der Waals surface area contributed by atoms with Gasteiger partial charge in [-0.3, -0.25) is 0 Å². The lowest BCUT2D eigenvalue weighted by atomic mass is 10.1. The Hall–Kier alpha value is -1.51. The van der Waals surface area contributed by atoms with Crippen LogP contribution in [-0.2, 0) is 11.2 Å². The number of rotatable bonds is 1. The number of esters is 1. The van der Waals surface area contributed by atoms with Crippen molar-refractivity contribution >= 4 is 5.97 Å². The minimum absolute atomic E-state index is 0.321. The SMILES string of the molecule is COC(=O)c1ccc2c(c1)OCC2. The molecule has 0 N–H and O–H groups in total. The summed E-state index contributed by atoms with van der Waals surface area (Å²) in [6, 6.07) is 5.40. The van der Waals surface area contributed by atoms with Gasteiger partial charge in [-0.2, -0.15) is 0 Å². The zero-order chi connectivity index (χ0) is 9.26. The van der Waals surface area contributed by atoms with Crippen molar-refractivity contribution in [2.45, 2.75) is 6.42 Å². The summed E-state index contributed by atoms with van der Waals surface area (Å²) < 4.78 is 9.93. The Balaban J connectivity index is 2.36. The van der Waals surface area contributed by atoms with Gasteiger partial charge in [-0.25, -0.2) is 4.79 Å². The summed E-state index contributed by atoms with van der Waals surface area (Å²) in [5, 5.41) is 0. The molecule has 0 fully saturated rings. The van der Waals surface area contributed by atoms with Crippen LogP contribution < -0.4 is 4.74 Å². The molecule has 1 aliphatic heterocycles. The molecule has 3 heteroatoms. The lowest BCUT2D eigenvalue weighted by Gasteiger charge is -2.01. The molecule has 1 aliphatic rings. The average molecular weight is 178 g/mol. The number of carbonyl (C=O) groups is 1. The molecule has 0 unspecified atom stereocenters. The number of ether oxygens (including phenoxy) is 2. The molecule has 0 saturated heterocycles. The monoisotopic (exact) mass is 178 g/mol. The quantitative estimate of drug-likeness (QED) is 0.610. The van der Waals surface area contributed by atoms with Gasteiger partial charge in [-0.05, 0) is 17.7 Å². The Morgan fingerprint density at radius 3 is 3.15 bits per heavy atom. The van der Waals surface area contributed by atoms with E-state index >= 15 is 0 Å². The van der Waals surface area contributed by atoms with Gasteiger partial charge in [0.1, 0.15) is 5.75 Å². The summed E-state index contributed by atoms with van der Waals surface area (Å²) in [7, 11) is 1.37. The Morgan fingerprint density at radius 1 is 1.54 bits per heavy atom. The summed E-state index contributed by atoms with van der Waals surface area (Å²) >= 11 is 0. The minimum atomic E-state index is -0.321. The van der Waals surface area contributed by atoms with E-state index < -0.39 is 0 Å². The van der Waals surface area contributed by atoms with E-state index in [0.29, 0.717) is 12.2 Å². The fraction of sp³-hybridized carbons (Fsp3) is 0.300. The smallest absolute Gasteiger partial charge is 0.337 e. The van der Waals surface area contributed by atoms with Crippen LogP contribution in [0.1, 0.15) is 15.9 Å². The summed E-state index contributed by atoms with van der Waals surface area (Å²) in [6.07, 6.45) is 0.927. The molecule has 1 aromatic rings. The van der Waals surface area contributed by atoms with E-state index in [1.165, 1.54) is 7.11 Å². The molecule has 13 heavy (non-hydrogen) atoms. The van der Waals surface area contributed by atoms with Crippen molar-refractivity contribution in [3.63, 3.8) is 0 Å². The number of benzene rings is 1. The zero-order valence-electron chi connectivity index (χ0n) is 7.37. The predicted molar refractivity (Wildman–Crippen MR) is 47.0 cm³/mol. The van der Waals surface area contributed by atoms with Gasteiger partial charge in [0.05, 0.1) is 19.3 Å². The first-order valence-corrected chi connectivity index (χ1v) is 4.15. The molecule has 0 saturated carbocycles. The second-order valence-corrected chi connectivity index (χ2v) is 2.91. The Kier molecular flexibility index (Phi) is 1.93. The van der Waals surface area contributed by atoms with Crippen LogP contribution >= 0.6 is 0 Å². The third-order valence-electron chi connectivity index (χ3n) is 2.12. The van der Waals surface area contributed by atoms with Crippen molar-refractivity contribution in [2.75, 3.05) is 13.7 Å². The Bertz CT molecular complexity index is 344. The van der Waals surface area contributed by atoms with E-state index in [4.69, 9.17) is 4.74 Å². The molecule has 3 nitrogen and oxygen atoms in total. The molecule has 0 aromatic heterocycles. The first-order chi connectivity index (χ1) is 6.31.